The summed E-state index contributed by atoms with van der Waals surface area (Å²) in [6.07, 6.45) is 5.92. The SMILES string of the molecule is CCc1cccc2c(C(CC(=O)N3CCCC3)c3cccc(C)c3)c[nH]c12. The lowest BCUT2D eigenvalue weighted by Crippen LogP contribution is -2.29. The predicted molar refractivity (Wildman–Crippen MR) is 111 cm³/mol. The topological polar surface area (TPSA) is 36.1 Å². The Kier molecular flexibility index (Phi) is 5.02. The van der Waals surface area contributed by atoms with Gasteiger partial charge in [0.05, 0.1) is 0 Å². The highest BCUT2D eigenvalue weighted by Gasteiger charge is 2.26. The van der Waals surface area contributed by atoms with Gasteiger partial charge in [0.2, 0.25) is 5.91 Å². The highest BCUT2D eigenvalue weighted by Crippen LogP contribution is 2.35. The largest absolute Gasteiger partial charge is 0.361 e. The van der Waals surface area contributed by atoms with Gasteiger partial charge in [0, 0.05) is 42.5 Å². The Morgan fingerprint density at radius 1 is 1.15 bits per heavy atom. The number of rotatable bonds is 5. The van der Waals surface area contributed by atoms with Gasteiger partial charge in [-0.15, -0.1) is 0 Å². The standard InChI is InChI=1S/C24H28N2O/c1-3-18-9-7-11-20-22(16-25-24(18)20)21(19-10-6-8-17(2)14-19)15-23(27)26-12-4-5-13-26/h6-11,14,16,21,25H,3-5,12-13,15H2,1-2H3. The van der Waals surface area contributed by atoms with Gasteiger partial charge >= 0.3 is 0 Å². The highest BCUT2D eigenvalue weighted by molar-refractivity contribution is 5.88. The third-order valence-corrected chi connectivity index (χ3v) is 5.87. The number of H-pyrrole nitrogens is 1. The molecule has 0 spiro atoms. The molecule has 4 rings (SSSR count). The predicted octanol–water partition coefficient (Wildman–Crippen LogP) is 5.18. The van der Waals surface area contributed by atoms with Gasteiger partial charge in [-0.05, 0) is 42.9 Å². The zero-order valence-corrected chi connectivity index (χ0v) is 16.3. The van der Waals surface area contributed by atoms with Crippen LogP contribution in [0.3, 0.4) is 0 Å². The van der Waals surface area contributed by atoms with Crippen molar-refractivity contribution in [2.75, 3.05) is 13.1 Å². The molecule has 3 nitrogen and oxygen atoms in total. The minimum Gasteiger partial charge on any atom is -0.361 e. The zero-order valence-electron chi connectivity index (χ0n) is 16.3. The lowest BCUT2D eigenvalue weighted by molar-refractivity contribution is -0.130. The Morgan fingerprint density at radius 3 is 2.67 bits per heavy atom. The summed E-state index contributed by atoms with van der Waals surface area (Å²) in [5.74, 6) is 0.360. The first-order valence-corrected chi connectivity index (χ1v) is 10.1. The average molecular weight is 361 g/mol. The summed E-state index contributed by atoms with van der Waals surface area (Å²) in [6, 6.07) is 15.1. The van der Waals surface area contributed by atoms with E-state index in [9.17, 15) is 4.79 Å². The van der Waals surface area contributed by atoms with Gasteiger partial charge in [-0.25, -0.2) is 0 Å². The fraction of sp³-hybridized carbons (Fsp3) is 0.375. The average Bonchev–Trinajstić information content (AvgIpc) is 3.35. The van der Waals surface area contributed by atoms with E-state index in [-0.39, 0.29) is 11.8 Å². The molecule has 2 aromatic carbocycles. The van der Waals surface area contributed by atoms with E-state index in [1.54, 1.807) is 0 Å². The van der Waals surface area contributed by atoms with Gasteiger partial charge in [0.25, 0.3) is 0 Å². The zero-order chi connectivity index (χ0) is 18.8. The fourth-order valence-corrected chi connectivity index (χ4v) is 4.39. The van der Waals surface area contributed by atoms with Crippen molar-refractivity contribution in [1.29, 1.82) is 0 Å². The van der Waals surface area contributed by atoms with Crippen molar-refractivity contribution in [3.05, 3.63) is 70.9 Å². The number of nitrogens with one attached hydrogen (secondary N) is 1. The second kappa shape index (κ2) is 7.59. The molecule has 0 radical (unpaired) electrons. The molecule has 3 heteroatoms. The number of benzene rings is 2. The van der Waals surface area contributed by atoms with Crippen LogP contribution in [0.25, 0.3) is 10.9 Å². The molecule has 1 aliphatic heterocycles. The van der Waals surface area contributed by atoms with E-state index in [1.165, 1.54) is 33.2 Å². The lowest BCUT2D eigenvalue weighted by atomic mass is 9.87. The van der Waals surface area contributed by atoms with E-state index in [0.29, 0.717) is 6.42 Å². The molecule has 1 aromatic heterocycles. The van der Waals surface area contributed by atoms with E-state index >= 15 is 0 Å². The molecular formula is C24H28N2O. The van der Waals surface area contributed by atoms with Gasteiger partial charge < -0.3 is 9.88 Å². The van der Waals surface area contributed by atoms with Gasteiger partial charge in [0.1, 0.15) is 0 Å². The molecule has 0 bridgehead atoms. The number of para-hydroxylation sites is 1. The second-order valence-electron chi connectivity index (χ2n) is 7.70. The first-order valence-electron chi connectivity index (χ1n) is 10.1. The van der Waals surface area contributed by atoms with Crippen LogP contribution in [-0.2, 0) is 11.2 Å². The molecule has 0 aliphatic carbocycles. The van der Waals surface area contributed by atoms with E-state index < -0.39 is 0 Å². The normalized spacial score (nSPS) is 15.4. The lowest BCUT2D eigenvalue weighted by Gasteiger charge is -2.22. The number of aromatic nitrogens is 1. The smallest absolute Gasteiger partial charge is 0.223 e. The summed E-state index contributed by atoms with van der Waals surface area (Å²) in [7, 11) is 0. The Labute approximate surface area is 161 Å². The maximum atomic E-state index is 13.0. The van der Waals surface area contributed by atoms with Gasteiger partial charge in [-0.2, -0.15) is 0 Å². The molecular weight excluding hydrogens is 332 g/mol. The number of amides is 1. The molecule has 27 heavy (non-hydrogen) atoms. The molecule has 3 aromatic rings. The molecule has 140 valence electrons. The van der Waals surface area contributed by atoms with Crippen molar-refractivity contribution in [3.63, 3.8) is 0 Å². The maximum absolute atomic E-state index is 13.0. The molecule has 1 amide bonds. The van der Waals surface area contributed by atoms with Crippen molar-refractivity contribution in [3.8, 4) is 0 Å². The van der Waals surface area contributed by atoms with E-state index in [2.05, 4.69) is 67.5 Å². The Balaban J connectivity index is 1.77. The van der Waals surface area contributed by atoms with Crippen molar-refractivity contribution in [2.45, 2.75) is 45.4 Å². The fourth-order valence-electron chi connectivity index (χ4n) is 4.39. The van der Waals surface area contributed by atoms with Crippen LogP contribution in [0.2, 0.25) is 0 Å². The minimum atomic E-state index is 0.0823. The van der Waals surface area contributed by atoms with Crippen molar-refractivity contribution < 1.29 is 4.79 Å². The number of carbonyl (C=O) groups is 1. The molecule has 0 saturated carbocycles. The maximum Gasteiger partial charge on any atom is 0.223 e. The summed E-state index contributed by atoms with van der Waals surface area (Å²) in [5.41, 5.74) is 6.23. The van der Waals surface area contributed by atoms with Gasteiger partial charge in [-0.3, -0.25) is 4.79 Å². The van der Waals surface area contributed by atoms with Crippen LogP contribution in [0, 0.1) is 6.92 Å². The van der Waals surface area contributed by atoms with Crippen molar-refractivity contribution in [1.82, 2.24) is 9.88 Å². The van der Waals surface area contributed by atoms with Crippen LogP contribution in [0.15, 0.2) is 48.7 Å². The van der Waals surface area contributed by atoms with Crippen LogP contribution < -0.4 is 0 Å². The van der Waals surface area contributed by atoms with E-state index in [1.807, 2.05) is 4.90 Å². The van der Waals surface area contributed by atoms with Crippen LogP contribution in [0.1, 0.15) is 54.4 Å². The summed E-state index contributed by atoms with van der Waals surface area (Å²) in [5, 5.41) is 1.25. The molecule has 2 heterocycles. The van der Waals surface area contributed by atoms with Crippen LogP contribution in [0.4, 0.5) is 0 Å². The molecule has 1 aliphatic rings. The van der Waals surface area contributed by atoms with Crippen LogP contribution in [-0.4, -0.2) is 28.9 Å². The molecule has 1 atom stereocenters. The first-order chi connectivity index (χ1) is 13.2. The third-order valence-electron chi connectivity index (χ3n) is 5.87. The van der Waals surface area contributed by atoms with Crippen molar-refractivity contribution in [2.24, 2.45) is 0 Å². The molecule has 1 saturated heterocycles. The Morgan fingerprint density at radius 2 is 1.93 bits per heavy atom. The molecule has 1 unspecified atom stereocenters. The number of fused-ring (bicyclic) bond motifs is 1. The summed E-state index contributed by atoms with van der Waals surface area (Å²) >= 11 is 0. The first kappa shape index (κ1) is 17.8. The molecule has 1 N–H and O–H groups in total. The van der Waals surface area contributed by atoms with Gasteiger partial charge in [0.15, 0.2) is 0 Å². The van der Waals surface area contributed by atoms with Crippen LogP contribution in [0.5, 0.6) is 0 Å². The highest BCUT2D eigenvalue weighted by atomic mass is 16.2. The Bertz CT molecular complexity index is 950. The number of hydrogen-bond acceptors (Lipinski definition) is 1. The van der Waals surface area contributed by atoms with Gasteiger partial charge in [-0.1, -0.05) is 55.0 Å². The number of nitrogens with zero attached hydrogens (tertiary/aromatic N) is 1. The minimum absolute atomic E-state index is 0.0823. The van der Waals surface area contributed by atoms with E-state index in [0.717, 1.165) is 32.4 Å². The quantitative estimate of drug-likeness (QED) is 0.668. The monoisotopic (exact) mass is 360 g/mol. The number of likely N-dealkylation sites (tertiary alicyclic amines) is 1. The molecule has 1 fully saturated rings. The third kappa shape index (κ3) is 3.51. The van der Waals surface area contributed by atoms with E-state index in [4.69, 9.17) is 0 Å². The number of aromatic amines is 1. The number of hydrogen-bond donors (Lipinski definition) is 1. The summed E-state index contributed by atoms with van der Waals surface area (Å²) in [6.45, 7) is 6.12. The van der Waals surface area contributed by atoms with Crippen LogP contribution >= 0.6 is 0 Å². The van der Waals surface area contributed by atoms with Crippen molar-refractivity contribution >= 4 is 16.8 Å². The second-order valence-corrected chi connectivity index (χ2v) is 7.70. The summed E-state index contributed by atoms with van der Waals surface area (Å²) in [4.78, 5) is 18.5. The number of carbonyl (C=O) groups excluding carboxylic acids is 1. The number of aryl methyl sites for hydroxylation is 2. The summed E-state index contributed by atoms with van der Waals surface area (Å²) < 4.78 is 0. The Hall–Kier alpha value is -2.55.